The van der Waals surface area contributed by atoms with Gasteiger partial charge in [0.05, 0.1) is 0 Å². The summed E-state index contributed by atoms with van der Waals surface area (Å²) in [5.41, 5.74) is 0.291. The van der Waals surface area contributed by atoms with Crippen LogP contribution in [-0.4, -0.2) is 23.7 Å². The van der Waals surface area contributed by atoms with Crippen molar-refractivity contribution in [3.63, 3.8) is 0 Å². The number of rotatable bonds is 6. The lowest BCUT2D eigenvalue weighted by Gasteiger charge is -2.25. The molecule has 0 aromatic heterocycles. The van der Waals surface area contributed by atoms with E-state index in [1.54, 1.807) is 20.8 Å². The highest BCUT2D eigenvalue weighted by Crippen LogP contribution is 2.13. The summed E-state index contributed by atoms with van der Waals surface area (Å²) in [6, 6.07) is 8.71. The lowest BCUT2D eigenvalue weighted by molar-refractivity contribution is -0.149. The van der Waals surface area contributed by atoms with Crippen LogP contribution in [0.5, 0.6) is 0 Å². The third-order valence-corrected chi connectivity index (χ3v) is 3.36. The van der Waals surface area contributed by atoms with Crippen molar-refractivity contribution < 1.29 is 19.1 Å². The average Bonchev–Trinajstić information content (AvgIpc) is 2.49. The van der Waals surface area contributed by atoms with Gasteiger partial charge in [0.25, 0.3) is 0 Å². The van der Waals surface area contributed by atoms with E-state index in [1.807, 2.05) is 44.2 Å². The molecule has 0 radical (unpaired) electrons. The van der Waals surface area contributed by atoms with E-state index >= 15 is 0 Å². The van der Waals surface area contributed by atoms with Gasteiger partial charge >= 0.3 is 12.1 Å². The molecule has 1 rings (SSSR count). The van der Waals surface area contributed by atoms with Crippen LogP contribution in [0.1, 0.15) is 46.6 Å². The van der Waals surface area contributed by atoms with Crippen molar-refractivity contribution in [2.24, 2.45) is 5.92 Å². The van der Waals surface area contributed by atoms with Gasteiger partial charge in [-0.25, -0.2) is 9.59 Å². The van der Waals surface area contributed by atoms with Crippen LogP contribution in [0, 0.1) is 5.92 Å². The van der Waals surface area contributed by atoms with Crippen LogP contribution in [0.15, 0.2) is 30.3 Å². The molecule has 1 aromatic carbocycles. The molecule has 1 N–H and O–H groups in total. The molecule has 0 aliphatic heterocycles. The second-order valence-corrected chi connectivity index (χ2v) is 6.60. The molecule has 0 bridgehead atoms. The van der Waals surface area contributed by atoms with Crippen LogP contribution in [0.25, 0.3) is 0 Å². The molecule has 0 aliphatic rings. The Bertz CT molecular complexity index is 508. The van der Waals surface area contributed by atoms with Gasteiger partial charge in [-0.15, -0.1) is 0 Å². The van der Waals surface area contributed by atoms with Crippen LogP contribution in [0.3, 0.4) is 0 Å². The first-order chi connectivity index (χ1) is 10.7. The van der Waals surface area contributed by atoms with E-state index in [9.17, 15) is 9.59 Å². The Hall–Kier alpha value is -2.04. The molecule has 5 heteroatoms. The summed E-state index contributed by atoms with van der Waals surface area (Å²) in [4.78, 5) is 24.3. The highest BCUT2D eigenvalue weighted by molar-refractivity contribution is 5.81. The summed E-state index contributed by atoms with van der Waals surface area (Å²) < 4.78 is 10.6. The minimum atomic E-state index is -0.724. The largest absolute Gasteiger partial charge is 0.459 e. The zero-order chi connectivity index (χ0) is 17.5. The van der Waals surface area contributed by atoms with Gasteiger partial charge in [0.2, 0.25) is 0 Å². The average molecular weight is 321 g/mol. The third-order valence-electron chi connectivity index (χ3n) is 3.36. The zero-order valence-electron chi connectivity index (χ0n) is 14.6. The van der Waals surface area contributed by atoms with Gasteiger partial charge in [0, 0.05) is 0 Å². The summed E-state index contributed by atoms with van der Waals surface area (Å²) in [6.45, 7) is 9.36. The Balaban J connectivity index is 2.65. The molecule has 5 nitrogen and oxygen atoms in total. The van der Waals surface area contributed by atoms with E-state index in [4.69, 9.17) is 9.47 Å². The molecule has 23 heavy (non-hydrogen) atoms. The van der Waals surface area contributed by atoms with Gasteiger partial charge in [0.1, 0.15) is 18.2 Å². The number of amides is 1. The van der Waals surface area contributed by atoms with Gasteiger partial charge < -0.3 is 14.8 Å². The minimum absolute atomic E-state index is 0.0502. The van der Waals surface area contributed by atoms with Gasteiger partial charge in [0.15, 0.2) is 0 Å². The number of carbonyl (C=O) groups is 2. The Morgan fingerprint density at radius 3 is 2.30 bits per heavy atom. The molecule has 2 atom stereocenters. The first-order valence-corrected chi connectivity index (χ1v) is 7.93. The first kappa shape index (κ1) is 19.0. The van der Waals surface area contributed by atoms with Crippen molar-refractivity contribution in [1.29, 1.82) is 0 Å². The highest BCUT2D eigenvalue weighted by atomic mass is 16.6. The quantitative estimate of drug-likeness (QED) is 0.812. The predicted octanol–water partition coefficient (Wildman–Crippen LogP) is 3.67. The van der Waals surface area contributed by atoms with Crippen molar-refractivity contribution in [2.45, 2.75) is 59.3 Å². The monoisotopic (exact) mass is 321 g/mol. The highest BCUT2D eigenvalue weighted by Gasteiger charge is 2.29. The number of benzene rings is 1. The fraction of sp³-hybridized carbons (Fsp3) is 0.556. The van der Waals surface area contributed by atoms with Crippen molar-refractivity contribution in [1.82, 2.24) is 5.32 Å². The summed E-state index contributed by atoms with van der Waals surface area (Å²) in [5.74, 6) is -0.500. The fourth-order valence-electron chi connectivity index (χ4n) is 1.92. The van der Waals surface area contributed by atoms with Gasteiger partial charge in [-0.1, -0.05) is 50.6 Å². The number of carbonyl (C=O) groups excluding carboxylic acids is 2. The standard InChI is InChI=1S/C18H27NO4/c1-6-13(2)15(19-17(21)23-18(3,4)5)16(20)22-12-14-10-8-7-9-11-14/h7-11,13,15H,6,12H2,1-5H3,(H,19,21)/t13-,15?/m0/s1. The van der Waals surface area contributed by atoms with Gasteiger partial charge in [-0.05, 0) is 32.3 Å². The molecule has 128 valence electrons. The summed E-state index contributed by atoms with van der Waals surface area (Å²) in [7, 11) is 0. The number of esters is 1. The molecular weight excluding hydrogens is 294 g/mol. The number of nitrogens with one attached hydrogen (secondary N) is 1. The molecule has 1 unspecified atom stereocenters. The van der Waals surface area contributed by atoms with E-state index < -0.39 is 23.7 Å². The van der Waals surface area contributed by atoms with Gasteiger partial charge in [-0.2, -0.15) is 0 Å². The fourth-order valence-corrected chi connectivity index (χ4v) is 1.92. The molecule has 0 fully saturated rings. The molecule has 0 saturated carbocycles. The molecule has 0 aliphatic carbocycles. The van der Waals surface area contributed by atoms with Crippen molar-refractivity contribution in [2.75, 3.05) is 0 Å². The minimum Gasteiger partial charge on any atom is -0.459 e. The SMILES string of the molecule is CC[C@H](C)C(NC(=O)OC(C)(C)C)C(=O)OCc1ccccc1. The van der Waals surface area contributed by atoms with Crippen LogP contribution < -0.4 is 5.32 Å². The smallest absolute Gasteiger partial charge is 0.408 e. The van der Waals surface area contributed by atoms with Crippen molar-refractivity contribution in [3.05, 3.63) is 35.9 Å². The summed E-state index contributed by atoms with van der Waals surface area (Å²) >= 11 is 0. The van der Waals surface area contributed by atoms with Crippen LogP contribution >= 0.6 is 0 Å². The second-order valence-electron chi connectivity index (χ2n) is 6.60. The molecular formula is C18H27NO4. The Morgan fingerprint density at radius 1 is 1.17 bits per heavy atom. The summed E-state index contributed by atoms with van der Waals surface area (Å²) in [6.07, 6.45) is 0.125. The lowest BCUT2D eigenvalue weighted by atomic mass is 9.99. The van der Waals surface area contributed by atoms with Crippen LogP contribution in [0.4, 0.5) is 4.79 Å². The summed E-state index contributed by atoms with van der Waals surface area (Å²) in [5, 5.41) is 2.62. The molecule has 0 heterocycles. The topological polar surface area (TPSA) is 64.6 Å². The van der Waals surface area contributed by atoms with Crippen molar-refractivity contribution in [3.8, 4) is 0 Å². The number of alkyl carbamates (subject to hydrolysis) is 1. The number of hydrogen-bond acceptors (Lipinski definition) is 4. The van der Waals surface area contributed by atoms with Gasteiger partial charge in [-0.3, -0.25) is 0 Å². The van der Waals surface area contributed by atoms with Crippen molar-refractivity contribution >= 4 is 12.1 Å². The second kappa shape index (κ2) is 8.56. The normalized spacial score (nSPS) is 13.8. The zero-order valence-corrected chi connectivity index (χ0v) is 14.6. The number of hydrogen-bond donors (Lipinski definition) is 1. The predicted molar refractivity (Wildman–Crippen MR) is 88.9 cm³/mol. The van der Waals surface area contributed by atoms with E-state index in [1.165, 1.54) is 0 Å². The van der Waals surface area contributed by atoms with E-state index in [-0.39, 0.29) is 12.5 Å². The molecule has 1 amide bonds. The van der Waals surface area contributed by atoms with Crippen LogP contribution in [-0.2, 0) is 20.9 Å². The molecule has 1 aromatic rings. The third kappa shape index (κ3) is 7.17. The first-order valence-electron chi connectivity index (χ1n) is 7.93. The van der Waals surface area contributed by atoms with Crippen LogP contribution in [0.2, 0.25) is 0 Å². The molecule has 0 spiro atoms. The van der Waals surface area contributed by atoms with E-state index in [0.717, 1.165) is 12.0 Å². The Kier molecular flexibility index (Phi) is 7.07. The maximum absolute atomic E-state index is 12.3. The van der Waals surface area contributed by atoms with E-state index in [0.29, 0.717) is 0 Å². The Labute approximate surface area is 138 Å². The Morgan fingerprint density at radius 2 is 1.78 bits per heavy atom. The number of ether oxygens (including phenoxy) is 2. The lowest BCUT2D eigenvalue weighted by Crippen LogP contribution is -2.47. The maximum Gasteiger partial charge on any atom is 0.408 e. The molecule has 0 saturated heterocycles. The maximum atomic E-state index is 12.3. The van der Waals surface area contributed by atoms with E-state index in [2.05, 4.69) is 5.32 Å².